The molecule has 1 rings (SSSR count). The number of nitrogens with one attached hydrogen (secondary N) is 1. The Morgan fingerprint density at radius 3 is 2.33 bits per heavy atom. The first-order valence-electron chi connectivity index (χ1n) is 2.57. The summed E-state index contributed by atoms with van der Waals surface area (Å²) >= 11 is 0. The van der Waals surface area contributed by atoms with E-state index in [4.69, 9.17) is 5.11 Å². The Morgan fingerprint density at radius 2 is 2.22 bits per heavy atom. The molecule has 4 nitrogen and oxygen atoms in total. The summed E-state index contributed by atoms with van der Waals surface area (Å²) in [4.78, 5) is 10.6. The van der Waals surface area contributed by atoms with E-state index in [0.717, 1.165) is 0 Å². The van der Waals surface area contributed by atoms with Crippen molar-refractivity contribution in [1.29, 1.82) is 0 Å². The minimum Gasteiger partial charge on any atom is -0.493 e. The van der Waals surface area contributed by atoms with Crippen LogP contribution in [0.1, 0.15) is 5.56 Å². The highest BCUT2D eigenvalue weighted by Gasteiger charge is 2.03. The summed E-state index contributed by atoms with van der Waals surface area (Å²) in [7, 11) is 1.57. The molecule has 9 heavy (non-hydrogen) atoms. The quantitative estimate of drug-likeness (QED) is 0.505. The summed E-state index contributed by atoms with van der Waals surface area (Å²) in [5.74, 6) is 0.000000000000000444. The van der Waals surface area contributed by atoms with Crippen LogP contribution in [-0.2, 0) is 7.05 Å². The molecule has 0 saturated heterocycles. The maximum atomic E-state index is 10.6. The third kappa shape index (κ3) is 0.718. The molecule has 0 saturated carbocycles. The number of aryl methyl sites for hydroxylation is 1. The van der Waals surface area contributed by atoms with Crippen LogP contribution in [0.5, 0.6) is 5.88 Å². The van der Waals surface area contributed by atoms with E-state index in [2.05, 4.69) is 5.10 Å². The molecule has 0 radical (unpaired) electrons. The van der Waals surface area contributed by atoms with Crippen molar-refractivity contribution in [2.45, 2.75) is 6.92 Å². The number of aromatic hydroxyl groups is 1. The highest BCUT2D eigenvalue weighted by molar-refractivity contribution is 5.19. The zero-order chi connectivity index (χ0) is 7.02. The second-order valence-electron chi connectivity index (χ2n) is 1.95. The topological polar surface area (TPSA) is 58.0 Å². The lowest BCUT2D eigenvalue weighted by atomic mass is 10.4. The number of H-pyrrole nitrogens is 1. The number of aromatic amines is 1. The van der Waals surface area contributed by atoms with Gasteiger partial charge in [-0.1, -0.05) is 0 Å². The van der Waals surface area contributed by atoms with Gasteiger partial charge in [0, 0.05) is 7.05 Å². The van der Waals surface area contributed by atoms with Crippen molar-refractivity contribution >= 4 is 0 Å². The number of hydrogen-bond acceptors (Lipinski definition) is 2. The van der Waals surface area contributed by atoms with Crippen LogP contribution in [0.25, 0.3) is 0 Å². The molecular weight excluding hydrogens is 120 g/mol. The second kappa shape index (κ2) is 1.65. The lowest BCUT2D eigenvalue weighted by molar-refractivity contribution is 0.416. The van der Waals surface area contributed by atoms with E-state index in [0.29, 0.717) is 5.56 Å². The number of hydrogen-bond donors (Lipinski definition) is 2. The fourth-order valence-electron chi connectivity index (χ4n) is 0.642. The molecule has 0 amide bonds. The van der Waals surface area contributed by atoms with Crippen molar-refractivity contribution in [3.05, 3.63) is 15.9 Å². The van der Waals surface area contributed by atoms with Gasteiger partial charge in [0.25, 0.3) is 5.56 Å². The standard InChI is InChI=1S/C5H8N2O2/c1-3-4(8)6-7(2)5(3)9/h9H,1-2H3,(H,6,8). The Balaban J connectivity index is 3.47. The van der Waals surface area contributed by atoms with Gasteiger partial charge in [0.15, 0.2) is 0 Å². The average Bonchev–Trinajstić information content (AvgIpc) is 1.98. The Hall–Kier alpha value is -1.19. The number of nitrogens with zero attached hydrogens (tertiary/aromatic N) is 1. The van der Waals surface area contributed by atoms with Crippen LogP contribution in [-0.4, -0.2) is 14.9 Å². The second-order valence-corrected chi connectivity index (χ2v) is 1.95. The largest absolute Gasteiger partial charge is 0.493 e. The summed E-state index contributed by atoms with van der Waals surface area (Å²) in [6.45, 7) is 1.56. The Kier molecular flexibility index (Phi) is 1.09. The van der Waals surface area contributed by atoms with Crippen molar-refractivity contribution in [3.63, 3.8) is 0 Å². The molecule has 1 aromatic rings. The zero-order valence-corrected chi connectivity index (χ0v) is 5.30. The maximum absolute atomic E-state index is 10.6. The van der Waals surface area contributed by atoms with Gasteiger partial charge >= 0.3 is 0 Å². The summed E-state index contributed by atoms with van der Waals surface area (Å²) < 4.78 is 1.28. The van der Waals surface area contributed by atoms with E-state index in [-0.39, 0.29) is 11.4 Å². The first-order valence-corrected chi connectivity index (χ1v) is 2.57. The van der Waals surface area contributed by atoms with E-state index < -0.39 is 0 Å². The van der Waals surface area contributed by atoms with Gasteiger partial charge in [-0.25, -0.2) is 0 Å². The van der Waals surface area contributed by atoms with E-state index in [1.54, 1.807) is 14.0 Å². The van der Waals surface area contributed by atoms with Gasteiger partial charge in [-0.05, 0) is 6.92 Å². The highest BCUT2D eigenvalue weighted by atomic mass is 16.3. The molecule has 0 atom stereocenters. The molecule has 0 spiro atoms. The van der Waals surface area contributed by atoms with Crippen molar-refractivity contribution in [1.82, 2.24) is 9.78 Å². The minimum absolute atomic E-state index is 0.000000000000000444. The SMILES string of the molecule is Cc1c(O)n(C)[nH]c1=O. The van der Waals surface area contributed by atoms with Crippen molar-refractivity contribution in [2.24, 2.45) is 7.05 Å². The molecule has 0 aliphatic rings. The summed E-state index contributed by atoms with van der Waals surface area (Å²) in [6, 6.07) is 0. The fourth-order valence-corrected chi connectivity index (χ4v) is 0.642. The molecule has 0 bridgehead atoms. The molecule has 4 heteroatoms. The predicted octanol–water partition coefficient (Wildman–Crippen LogP) is -0.273. The van der Waals surface area contributed by atoms with Crippen molar-refractivity contribution < 1.29 is 5.11 Å². The van der Waals surface area contributed by atoms with Gasteiger partial charge in [-0.15, -0.1) is 0 Å². The van der Waals surface area contributed by atoms with Crippen molar-refractivity contribution in [3.8, 4) is 5.88 Å². The van der Waals surface area contributed by atoms with E-state index >= 15 is 0 Å². The molecule has 1 aromatic heterocycles. The molecule has 0 unspecified atom stereocenters. The summed E-state index contributed by atoms with van der Waals surface area (Å²) in [6.07, 6.45) is 0. The van der Waals surface area contributed by atoms with Gasteiger partial charge in [0.2, 0.25) is 5.88 Å². The van der Waals surface area contributed by atoms with Crippen LogP contribution < -0.4 is 5.56 Å². The van der Waals surface area contributed by atoms with E-state index in [1.165, 1.54) is 4.68 Å². The fraction of sp³-hybridized carbons (Fsp3) is 0.400. The van der Waals surface area contributed by atoms with Crippen LogP contribution in [0.3, 0.4) is 0 Å². The third-order valence-electron chi connectivity index (χ3n) is 1.26. The molecule has 0 aromatic carbocycles. The van der Waals surface area contributed by atoms with Gasteiger partial charge < -0.3 is 5.11 Å². The molecule has 1 heterocycles. The molecule has 2 N–H and O–H groups in total. The first-order chi connectivity index (χ1) is 4.13. The smallest absolute Gasteiger partial charge is 0.270 e. The lowest BCUT2D eigenvalue weighted by Crippen LogP contribution is -2.03. The van der Waals surface area contributed by atoms with Crippen LogP contribution in [0, 0.1) is 6.92 Å². The van der Waals surface area contributed by atoms with Gasteiger partial charge in [-0.2, -0.15) is 0 Å². The van der Waals surface area contributed by atoms with Crippen LogP contribution >= 0.6 is 0 Å². The van der Waals surface area contributed by atoms with E-state index in [1.807, 2.05) is 0 Å². The molecule has 0 aliphatic heterocycles. The number of rotatable bonds is 0. The monoisotopic (exact) mass is 128 g/mol. The van der Waals surface area contributed by atoms with Crippen molar-refractivity contribution in [2.75, 3.05) is 0 Å². The van der Waals surface area contributed by atoms with Crippen LogP contribution in [0.15, 0.2) is 4.79 Å². The molecular formula is C5H8N2O2. The Labute approximate surface area is 51.7 Å². The van der Waals surface area contributed by atoms with Gasteiger partial charge in [0.05, 0.1) is 5.56 Å². The summed E-state index contributed by atoms with van der Waals surface area (Å²) in [5, 5.41) is 11.3. The highest BCUT2D eigenvalue weighted by Crippen LogP contribution is 2.06. The molecule has 50 valence electrons. The third-order valence-corrected chi connectivity index (χ3v) is 1.26. The number of aromatic nitrogens is 2. The minimum atomic E-state index is -0.241. The Morgan fingerprint density at radius 1 is 1.67 bits per heavy atom. The lowest BCUT2D eigenvalue weighted by Gasteiger charge is -1.90. The predicted molar refractivity (Wildman–Crippen MR) is 32.4 cm³/mol. The summed E-state index contributed by atoms with van der Waals surface area (Å²) in [5.41, 5.74) is 0.118. The van der Waals surface area contributed by atoms with Crippen LogP contribution in [0.4, 0.5) is 0 Å². The first kappa shape index (κ1) is 5.94. The van der Waals surface area contributed by atoms with E-state index in [9.17, 15) is 4.79 Å². The molecule has 0 fully saturated rings. The normalized spacial score (nSPS) is 10.0. The molecule has 0 aliphatic carbocycles. The zero-order valence-electron chi connectivity index (χ0n) is 5.30. The maximum Gasteiger partial charge on any atom is 0.270 e. The Bertz CT molecular complexity index is 271. The van der Waals surface area contributed by atoms with Gasteiger partial charge in [0.1, 0.15) is 0 Å². The average molecular weight is 128 g/mol. The van der Waals surface area contributed by atoms with Crippen LogP contribution in [0.2, 0.25) is 0 Å². The van der Waals surface area contributed by atoms with Gasteiger partial charge in [-0.3, -0.25) is 14.6 Å².